The molecule has 0 aliphatic rings. The van der Waals surface area contributed by atoms with Crippen LogP contribution in [0.2, 0.25) is 0 Å². The van der Waals surface area contributed by atoms with Crippen LogP contribution in [0.4, 0.5) is 14.4 Å². The highest BCUT2D eigenvalue weighted by molar-refractivity contribution is 5.53. The lowest BCUT2D eigenvalue weighted by Crippen LogP contribution is -1.83. The molecular formula is C39H82O9. The monoisotopic (exact) mass is 695 g/mol. The van der Waals surface area contributed by atoms with E-state index >= 15 is 0 Å². The Kier molecular flexibility index (Phi) is 65.7. The Labute approximate surface area is 296 Å². The van der Waals surface area contributed by atoms with Crippen molar-refractivity contribution in [1.29, 1.82) is 0 Å². The first-order valence-electron chi connectivity index (χ1n) is 19.8. The van der Waals surface area contributed by atoms with Gasteiger partial charge in [-0.1, -0.05) is 233 Å². The van der Waals surface area contributed by atoms with Crippen molar-refractivity contribution in [3.63, 3.8) is 0 Å². The van der Waals surface area contributed by atoms with Crippen LogP contribution in [0.25, 0.3) is 0 Å². The van der Waals surface area contributed by atoms with Crippen molar-refractivity contribution >= 4 is 18.5 Å². The van der Waals surface area contributed by atoms with Crippen LogP contribution in [0.3, 0.4) is 0 Å². The van der Waals surface area contributed by atoms with Gasteiger partial charge in [-0.2, -0.15) is 0 Å². The highest BCUT2D eigenvalue weighted by atomic mass is 16.6. The Hall–Kier alpha value is -2.19. The summed E-state index contributed by atoms with van der Waals surface area (Å²) in [5, 5.41) is 41.8. The summed E-state index contributed by atoms with van der Waals surface area (Å²) in [6.07, 6.45) is 41.3. The molecule has 0 aromatic carbocycles. The van der Waals surface area contributed by atoms with E-state index in [0.717, 1.165) is 0 Å². The van der Waals surface area contributed by atoms with Crippen molar-refractivity contribution < 1.29 is 45.0 Å². The molecule has 0 aliphatic carbocycles. The molecule has 9 heteroatoms. The van der Waals surface area contributed by atoms with Gasteiger partial charge in [-0.15, -0.1) is 0 Å². The molecular weight excluding hydrogens is 612 g/mol. The van der Waals surface area contributed by atoms with E-state index in [1.54, 1.807) is 0 Å². The summed E-state index contributed by atoms with van der Waals surface area (Å²) in [7, 11) is 0. The molecule has 0 amide bonds. The number of hydrogen-bond acceptors (Lipinski definition) is 3. The van der Waals surface area contributed by atoms with Gasteiger partial charge in [0.2, 0.25) is 0 Å². The molecule has 0 saturated carbocycles. The van der Waals surface area contributed by atoms with Gasteiger partial charge >= 0.3 is 18.5 Å². The minimum absolute atomic E-state index is 1.37. The molecule has 0 aliphatic heterocycles. The maximum Gasteiger partial charge on any atom is 0.503 e. The second-order valence-electron chi connectivity index (χ2n) is 12.7. The molecule has 0 unspecified atom stereocenters. The van der Waals surface area contributed by atoms with E-state index < -0.39 is 18.5 Å². The third-order valence-corrected chi connectivity index (χ3v) is 7.91. The standard InChI is InChI=1S/2C18H38.3CH2O3/c2*1-3-5-7-9-11-13-15-17-18-16-14-12-10-8-6-4-2;3*2-1(3)4/h2*3-18H2,1-2H3;3*(H2,2,3,4). The molecule has 0 fully saturated rings. The third kappa shape index (κ3) is 104. The Balaban J connectivity index is -0.000000192. The third-order valence-electron chi connectivity index (χ3n) is 7.91. The molecule has 0 saturated heterocycles. The second-order valence-corrected chi connectivity index (χ2v) is 12.7. The highest BCUT2D eigenvalue weighted by Crippen LogP contribution is 2.15. The van der Waals surface area contributed by atoms with Crippen LogP contribution in [-0.2, 0) is 0 Å². The highest BCUT2D eigenvalue weighted by Gasteiger charge is 1.95. The summed E-state index contributed by atoms with van der Waals surface area (Å²) in [5.74, 6) is 0. The minimum atomic E-state index is -1.83. The van der Waals surface area contributed by atoms with Gasteiger partial charge in [-0.05, 0) is 0 Å². The van der Waals surface area contributed by atoms with Gasteiger partial charge in [0.25, 0.3) is 0 Å². The zero-order chi connectivity index (χ0) is 37.4. The maximum atomic E-state index is 8.56. The molecule has 292 valence electrons. The average Bonchev–Trinajstić information content (AvgIpc) is 3.01. The van der Waals surface area contributed by atoms with Crippen LogP contribution in [-0.4, -0.2) is 49.1 Å². The first-order valence-corrected chi connectivity index (χ1v) is 19.8. The molecule has 0 aromatic rings. The quantitative estimate of drug-likeness (QED) is 0.0400. The number of carboxylic acid groups (broad SMARTS) is 6. The van der Waals surface area contributed by atoms with Crippen LogP contribution < -0.4 is 0 Å². The van der Waals surface area contributed by atoms with Crippen molar-refractivity contribution in [2.75, 3.05) is 0 Å². The van der Waals surface area contributed by atoms with Crippen LogP contribution in [0, 0.1) is 0 Å². The van der Waals surface area contributed by atoms with Crippen LogP contribution in [0.1, 0.15) is 233 Å². The Morgan fingerprint density at radius 1 is 0.229 bits per heavy atom. The van der Waals surface area contributed by atoms with E-state index in [0.29, 0.717) is 0 Å². The molecule has 6 N–H and O–H groups in total. The molecule has 48 heavy (non-hydrogen) atoms. The number of unbranched alkanes of at least 4 members (excludes halogenated alkanes) is 30. The molecule has 0 aromatic heterocycles. The molecule has 0 heterocycles. The summed E-state index contributed by atoms with van der Waals surface area (Å²) in [6, 6.07) is 0. The van der Waals surface area contributed by atoms with E-state index in [1.165, 1.54) is 205 Å². The maximum absolute atomic E-state index is 8.56. The Morgan fingerprint density at radius 2 is 0.292 bits per heavy atom. The smallest absolute Gasteiger partial charge is 0.450 e. The van der Waals surface area contributed by atoms with Crippen molar-refractivity contribution in [2.45, 2.75) is 233 Å². The largest absolute Gasteiger partial charge is 0.503 e. The van der Waals surface area contributed by atoms with E-state index in [9.17, 15) is 0 Å². The molecule has 0 radical (unpaired) electrons. The first-order chi connectivity index (χ1) is 23.0. The predicted octanol–water partition coefficient (Wildman–Crippen LogP) is 15.2. The van der Waals surface area contributed by atoms with E-state index in [-0.39, 0.29) is 0 Å². The van der Waals surface area contributed by atoms with Crippen LogP contribution in [0.5, 0.6) is 0 Å². The van der Waals surface area contributed by atoms with E-state index in [2.05, 4.69) is 27.7 Å². The fraction of sp³-hybridized carbons (Fsp3) is 0.923. The van der Waals surface area contributed by atoms with E-state index in [4.69, 9.17) is 45.0 Å². The topological polar surface area (TPSA) is 173 Å². The fourth-order valence-electron chi connectivity index (χ4n) is 5.24. The Bertz CT molecular complexity index is 481. The van der Waals surface area contributed by atoms with Gasteiger partial charge in [-0.3, -0.25) is 0 Å². The molecule has 0 spiro atoms. The van der Waals surface area contributed by atoms with Crippen molar-refractivity contribution in [3.8, 4) is 0 Å². The molecule has 0 rings (SSSR count). The molecule has 0 bridgehead atoms. The summed E-state index contributed by atoms with van der Waals surface area (Å²) in [4.78, 5) is 25.7. The van der Waals surface area contributed by atoms with Crippen molar-refractivity contribution in [1.82, 2.24) is 0 Å². The van der Waals surface area contributed by atoms with Gasteiger partial charge in [-0.25, -0.2) is 14.4 Å². The summed E-state index contributed by atoms with van der Waals surface area (Å²) in [6.45, 7) is 9.18. The normalized spacial score (nSPS) is 9.75. The van der Waals surface area contributed by atoms with Crippen LogP contribution >= 0.6 is 0 Å². The van der Waals surface area contributed by atoms with Gasteiger partial charge in [0.05, 0.1) is 0 Å². The fourth-order valence-corrected chi connectivity index (χ4v) is 5.24. The first kappa shape index (κ1) is 55.2. The van der Waals surface area contributed by atoms with Crippen LogP contribution in [0.15, 0.2) is 0 Å². The number of rotatable bonds is 30. The summed E-state index contributed by atoms with van der Waals surface area (Å²) < 4.78 is 0. The zero-order valence-electron chi connectivity index (χ0n) is 32.0. The number of carbonyl (C=O) groups is 3. The molecule has 9 nitrogen and oxygen atoms in total. The van der Waals surface area contributed by atoms with Gasteiger partial charge in [0.1, 0.15) is 0 Å². The second kappa shape index (κ2) is 57.1. The van der Waals surface area contributed by atoms with Crippen molar-refractivity contribution in [3.05, 3.63) is 0 Å². The van der Waals surface area contributed by atoms with E-state index in [1.807, 2.05) is 0 Å². The lowest BCUT2D eigenvalue weighted by atomic mass is 10.0. The lowest BCUT2D eigenvalue weighted by molar-refractivity contribution is 0.135. The lowest BCUT2D eigenvalue weighted by Gasteiger charge is -2.03. The summed E-state index contributed by atoms with van der Waals surface area (Å²) in [5.41, 5.74) is 0. The average molecular weight is 695 g/mol. The Morgan fingerprint density at radius 3 is 0.354 bits per heavy atom. The zero-order valence-corrected chi connectivity index (χ0v) is 32.0. The minimum Gasteiger partial charge on any atom is -0.450 e. The molecule has 0 atom stereocenters. The van der Waals surface area contributed by atoms with Gasteiger partial charge in [0.15, 0.2) is 0 Å². The predicted molar refractivity (Wildman–Crippen MR) is 202 cm³/mol. The van der Waals surface area contributed by atoms with Crippen molar-refractivity contribution in [2.24, 2.45) is 0 Å². The number of hydrogen-bond donors (Lipinski definition) is 6. The summed E-state index contributed by atoms with van der Waals surface area (Å²) >= 11 is 0. The van der Waals surface area contributed by atoms with Gasteiger partial charge in [0, 0.05) is 0 Å². The van der Waals surface area contributed by atoms with Gasteiger partial charge < -0.3 is 30.6 Å². The SMILES string of the molecule is CCCCCCCCCCCCCCCCCC.CCCCCCCCCCCCCCCCCC.O=C(O)O.O=C(O)O.O=C(O)O.